The number of nitrogens with two attached hydrogens (primary N) is 1. The first-order valence-corrected chi connectivity index (χ1v) is 17.7. The minimum absolute atomic E-state index is 0.0801. The van der Waals surface area contributed by atoms with Gasteiger partial charge < -0.3 is 25.9 Å². The van der Waals surface area contributed by atoms with Crippen molar-refractivity contribution in [3.8, 4) is 0 Å². The number of anilines is 2. The van der Waals surface area contributed by atoms with Crippen LogP contribution in [0.3, 0.4) is 0 Å². The van der Waals surface area contributed by atoms with Crippen LogP contribution >= 0.6 is 34.9 Å². The zero-order valence-electron chi connectivity index (χ0n) is 25.4. The number of amides is 2. The maximum absolute atomic E-state index is 13.2. The molecule has 0 radical (unpaired) electrons. The van der Waals surface area contributed by atoms with E-state index in [4.69, 9.17) is 10.6 Å². The molecule has 4 N–H and O–H groups in total. The quantitative estimate of drug-likeness (QED) is 0.0981. The van der Waals surface area contributed by atoms with E-state index in [-0.39, 0.29) is 22.2 Å². The number of carboxylic acid groups (broad SMARTS) is 1. The van der Waals surface area contributed by atoms with Crippen molar-refractivity contribution in [1.82, 2.24) is 40.3 Å². The van der Waals surface area contributed by atoms with Crippen LogP contribution in [0, 0.1) is 0 Å². The van der Waals surface area contributed by atoms with Crippen LogP contribution in [0.15, 0.2) is 57.3 Å². The molecule has 2 aromatic heterocycles. The predicted octanol–water partition coefficient (Wildman–Crippen LogP) is 0.806. The van der Waals surface area contributed by atoms with Crippen molar-refractivity contribution in [2.75, 3.05) is 62.0 Å². The number of hydrogen-bond donors (Lipinski definition) is 3. The number of para-hydroxylation sites is 1. The molecule has 19 heteroatoms. The van der Waals surface area contributed by atoms with Crippen LogP contribution in [0.2, 0.25) is 0 Å². The molecule has 0 spiro atoms. The van der Waals surface area contributed by atoms with Gasteiger partial charge in [0.05, 0.1) is 0 Å². The van der Waals surface area contributed by atoms with Gasteiger partial charge in [-0.2, -0.15) is 0 Å². The van der Waals surface area contributed by atoms with Gasteiger partial charge in [-0.05, 0) is 34.6 Å². The lowest BCUT2D eigenvalue weighted by Gasteiger charge is -2.49. The normalized spacial score (nSPS) is 20.2. The molecule has 1 unspecified atom stereocenters. The molecule has 248 valence electrons. The fourth-order valence-corrected chi connectivity index (χ4v) is 8.54. The van der Waals surface area contributed by atoms with Crippen LogP contribution in [0.4, 0.5) is 10.8 Å². The highest BCUT2D eigenvalue weighted by Crippen LogP contribution is 2.41. The van der Waals surface area contributed by atoms with Crippen LogP contribution in [0.1, 0.15) is 12.1 Å². The first-order valence-electron chi connectivity index (χ1n) is 14.8. The number of benzene rings is 1. The monoisotopic (exact) mass is 699 g/mol. The van der Waals surface area contributed by atoms with E-state index in [1.165, 1.54) is 41.2 Å². The SMILES string of the molecule is CON=C(C(=O)NC1C(=O)N2C(C(=O)O)=C(CSc3nnnn3CCCN3CCN(c4ccccc4)CC3)CS[C@H]12)c1csc(N)n1. The summed E-state index contributed by atoms with van der Waals surface area (Å²) >= 11 is 3.84. The number of fused-ring (bicyclic) bond motifs is 1. The summed E-state index contributed by atoms with van der Waals surface area (Å²) in [4.78, 5) is 53.5. The van der Waals surface area contributed by atoms with Crippen LogP contribution in [0.5, 0.6) is 0 Å². The van der Waals surface area contributed by atoms with Crippen molar-refractivity contribution in [2.24, 2.45) is 5.16 Å². The number of thiazole rings is 1. The number of thioether (sulfide) groups is 2. The lowest BCUT2D eigenvalue weighted by molar-refractivity contribution is -0.150. The number of piperazine rings is 1. The Bertz CT molecular complexity index is 1670. The van der Waals surface area contributed by atoms with Gasteiger partial charge in [-0.15, -0.1) is 28.2 Å². The summed E-state index contributed by atoms with van der Waals surface area (Å²) in [6, 6.07) is 9.50. The van der Waals surface area contributed by atoms with Crippen molar-refractivity contribution >= 4 is 69.2 Å². The average Bonchev–Trinajstić information content (AvgIpc) is 3.73. The third kappa shape index (κ3) is 7.21. The van der Waals surface area contributed by atoms with Gasteiger partial charge >= 0.3 is 5.97 Å². The molecule has 0 saturated carbocycles. The molecule has 3 aliphatic heterocycles. The van der Waals surface area contributed by atoms with Crippen molar-refractivity contribution in [2.45, 2.75) is 29.5 Å². The zero-order valence-corrected chi connectivity index (χ0v) is 27.8. The Hall–Kier alpha value is -4.20. The number of carboxylic acids is 1. The number of aliphatic carboxylic acids is 1. The fraction of sp³-hybridized carbons (Fsp3) is 0.429. The Morgan fingerprint density at radius 3 is 2.68 bits per heavy atom. The smallest absolute Gasteiger partial charge is 0.352 e. The number of carbonyl (C=O) groups is 3. The Kier molecular flexibility index (Phi) is 10.2. The van der Waals surface area contributed by atoms with E-state index in [1.807, 2.05) is 6.07 Å². The maximum Gasteiger partial charge on any atom is 0.352 e. The third-order valence-electron chi connectivity index (χ3n) is 7.91. The predicted molar refractivity (Wildman–Crippen MR) is 178 cm³/mol. The largest absolute Gasteiger partial charge is 0.477 e. The van der Waals surface area contributed by atoms with Crippen molar-refractivity contribution in [3.63, 3.8) is 0 Å². The zero-order chi connectivity index (χ0) is 32.9. The summed E-state index contributed by atoms with van der Waals surface area (Å²) in [5, 5.41) is 30.4. The highest BCUT2D eigenvalue weighted by atomic mass is 32.2. The summed E-state index contributed by atoms with van der Waals surface area (Å²) < 4.78 is 1.74. The number of nitrogens with one attached hydrogen (secondary N) is 1. The second kappa shape index (κ2) is 14.7. The molecule has 16 nitrogen and oxygen atoms in total. The number of oxime groups is 1. The standard InChI is InChI=1S/C28H33N11O5S3/c1-44-33-20(19-16-46-27(29)30-19)23(40)31-21-24(41)39-22(26(42)43)17(14-45-25(21)39)15-47-28-32-34-35-38(28)9-5-8-36-10-12-37(13-11-36)18-6-3-2-4-7-18/h2-4,6-7,16,21,25H,5,8-15H2,1H3,(H2,29,30)(H,31,40)(H,42,43)/t21?,25-/m1/s1. The number of hydrogen-bond acceptors (Lipinski definition) is 15. The number of nitrogens with zero attached hydrogens (tertiary/aromatic N) is 9. The molecule has 2 saturated heterocycles. The summed E-state index contributed by atoms with van der Waals surface area (Å²) in [7, 11) is 1.29. The number of β-lactam (4-membered cyclic amide) rings is 1. The van der Waals surface area contributed by atoms with E-state index >= 15 is 0 Å². The molecule has 0 bridgehead atoms. The molecular formula is C28H33N11O5S3. The number of rotatable bonds is 13. The van der Waals surface area contributed by atoms with E-state index in [0.29, 0.717) is 28.8 Å². The van der Waals surface area contributed by atoms with E-state index in [1.54, 1.807) is 10.1 Å². The first kappa shape index (κ1) is 32.7. The molecule has 0 aliphatic carbocycles. The highest BCUT2D eigenvalue weighted by molar-refractivity contribution is 8.01. The summed E-state index contributed by atoms with van der Waals surface area (Å²) in [5.74, 6) is -1.78. The Labute approximate surface area is 282 Å². The molecule has 3 aliphatic rings. The van der Waals surface area contributed by atoms with Gasteiger partial charge in [0, 0.05) is 61.8 Å². The van der Waals surface area contributed by atoms with E-state index in [2.05, 4.69) is 65.0 Å². The van der Waals surface area contributed by atoms with Crippen LogP contribution in [-0.2, 0) is 25.8 Å². The molecule has 2 atom stereocenters. The number of tetrazole rings is 1. The van der Waals surface area contributed by atoms with Gasteiger partial charge in [-0.1, -0.05) is 35.1 Å². The number of aryl methyl sites for hydroxylation is 1. The average molecular weight is 700 g/mol. The van der Waals surface area contributed by atoms with Gasteiger partial charge in [0.1, 0.15) is 29.9 Å². The van der Waals surface area contributed by atoms with Crippen molar-refractivity contribution < 1.29 is 24.3 Å². The van der Waals surface area contributed by atoms with Gasteiger partial charge in [0.15, 0.2) is 10.8 Å². The third-order valence-corrected chi connectivity index (χ3v) is 11.0. The highest BCUT2D eigenvalue weighted by Gasteiger charge is 2.54. The molecule has 47 heavy (non-hydrogen) atoms. The second-order valence-electron chi connectivity index (χ2n) is 10.8. The van der Waals surface area contributed by atoms with E-state index in [9.17, 15) is 19.5 Å². The van der Waals surface area contributed by atoms with Gasteiger partial charge in [0.2, 0.25) is 5.16 Å². The Morgan fingerprint density at radius 2 is 1.98 bits per heavy atom. The van der Waals surface area contributed by atoms with Crippen molar-refractivity contribution in [3.05, 3.63) is 52.7 Å². The summed E-state index contributed by atoms with van der Waals surface area (Å²) in [5.41, 5.74) is 7.51. The van der Waals surface area contributed by atoms with E-state index in [0.717, 1.165) is 50.5 Å². The lowest BCUT2D eigenvalue weighted by Crippen LogP contribution is -2.71. The minimum Gasteiger partial charge on any atom is -0.477 e. The number of carbonyl (C=O) groups excluding carboxylic acids is 2. The molecular weight excluding hydrogens is 667 g/mol. The molecule has 2 fully saturated rings. The summed E-state index contributed by atoms with van der Waals surface area (Å²) in [6.45, 7) is 5.48. The van der Waals surface area contributed by atoms with Crippen LogP contribution in [-0.4, -0.2) is 126 Å². The van der Waals surface area contributed by atoms with Crippen LogP contribution < -0.4 is 16.0 Å². The Balaban J connectivity index is 1.02. The van der Waals surface area contributed by atoms with Crippen molar-refractivity contribution in [1.29, 1.82) is 0 Å². The molecule has 1 aromatic carbocycles. The van der Waals surface area contributed by atoms with Gasteiger partial charge in [-0.25, -0.2) is 14.5 Å². The van der Waals surface area contributed by atoms with Gasteiger partial charge in [-0.3, -0.25) is 19.4 Å². The van der Waals surface area contributed by atoms with Crippen LogP contribution in [0.25, 0.3) is 0 Å². The number of nitrogen functional groups attached to an aromatic ring is 1. The molecule has 2 amide bonds. The van der Waals surface area contributed by atoms with E-state index < -0.39 is 29.2 Å². The summed E-state index contributed by atoms with van der Waals surface area (Å²) in [6.07, 6.45) is 0.868. The Morgan fingerprint density at radius 1 is 1.19 bits per heavy atom. The lowest BCUT2D eigenvalue weighted by atomic mass is 10.0. The minimum atomic E-state index is -1.21. The molecule has 5 heterocycles. The first-order chi connectivity index (χ1) is 22.8. The molecule has 3 aromatic rings. The second-order valence-corrected chi connectivity index (χ2v) is 13.7. The fourth-order valence-electron chi connectivity index (χ4n) is 5.60. The number of aromatic nitrogens is 5. The topological polar surface area (TPSA) is 197 Å². The molecule has 6 rings (SSSR count). The maximum atomic E-state index is 13.2. The van der Waals surface area contributed by atoms with Gasteiger partial charge in [0.25, 0.3) is 11.8 Å².